The van der Waals surface area contributed by atoms with E-state index in [1.165, 1.54) is 5.56 Å². The van der Waals surface area contributed by atoms with Gasteiger partial charge in [-0.25, -0.2) is 4.79 Å². The fourth-order valence-corrected chi connectivity index (χ4v) is 2.48. The van der Waals surface area contributed by atoms with Gasteiger partial charge in [0.1, 0.15) is 11.9 Å². The molecule has 23 heavy (non-hydrogen) atoms. The normalized spacial score (nSPS) is 15.8. The topological polar surface area (TPSA) is 77.4 Å². The van der Waals surface area contributed by atoms with Crippen LogP contribution in [0, 0.1) is 0 Å². The number of amides is 2. The number of urea groups is 1. The van der Waals surface area contributed by atoms with E-state index in [0.29, 0.717) is 25.4 Å². The van der Waals surface area contributed by atoms with E-state index in [0.717, 1.165) is 12.2 Å². The third kappa shape index (κ3) is 4.01. The van der Waals surface area contributed by atoms with E-state index in [9.17, 15) is 4.79 Å². The summed E-state index contributed by atoms with van der Waals surface area (Å²) in [5.74, 6) is 0.902. The number of rotatable bonds is 6. The SMILES string of the molecule is COCCn1cc(NC(=O)NCC2Cc3ccccc3O2)cn1. The lowest BCUT2D eigenvalue weighted by atomic mass is 10.1. The van der Waals surface area contributed by atoms with Crippen molar-refractivity contribution in [2.45, 2.75) is 19.1 Å². The molecule has 2 aromatic rings. The molecule has 1 atom stereocenters. The Balaban J connectivity index is 1.43. The first-order valence-corrected chi connectivity index (χ1v) is 7.55. The van der Waals surface area contributed by atoms with E-state index in [1.54, 1.807) is 24.2 Å². The summed E-state index contributed by atoms with van der Waals surface area (Å²) in [7, 11) is 1.64. The molecule has 1 aliphatic heterocycles. The number of methoxy groups -OCH3 is 1. The Morgan fingerprint density at radius 1 is 1.48 bits per heavy atom. The number of nitrogens with one attached hydrogen (secondary N) is 2. The van der Waals surface area contributed by atoms with Crippen LogP contribution >= 0.6 is 0 Å². The zero-order chi connectivity index (χ0) is 16.1. The van der Waals surface area contributed by atoms with Crippen LogP contribution in [0.1, 0.15) is 5.56 Å². The molecule has 0 bridgehead atoms. The van der Waals surface area contributed by atoms with Crippen molar-refractivity contribution < 1.29 is 14.3 Å². The van der Waals surface area contributed by atoms with Crippen molar-refractivity contribution in [3.8, 4) is 5.75 Å². The fourth-order valence-electron chi connectivity index (χ4n) is 2.48. The van der Waals surface area contributed by atoms with Crippen LogP contribution in [0.3, 0.4) is 0 Å². The van der Waals surface area contributed by atoms with Crippen LogP contribution in [0.2, 0.25) is 0 Å². The van der Waals surface area contributed by atoms with Crippen molar-refractivity contribution in [3.05, 3.63) is 42.2 Å². The van der Waals surface area contributed by atoms with Crippen molar-refractivity contribution in [2.24, 2.45) is 0 Å². The summed E-state index contributed by atoms with van der Waals surface area (Å²) in [5, 5.41) is 9.72. The number of ether oxygens (including phenoxy) is 2. The second kappa shape index (κ2) is 7.15. The van der Waals surface area contributed by atoms with Gasteiger partial charge < -0.3 is 20.1 Å². The summed E-state index contributed by atoms with van der Waals surface area (Å²) < 4.78 is 12.5. The lowest BCUT2D eigenvalue weighted by molar-refractivity contribution is 0.183. The first-order chi connectivity index (χ1) is 11.2. The molecule has 122 valence electrons. The van der Waals surface area contributed by atoms with Crippen LogP contribution in [0.4, 0.5) is 10.5 Å². The highest BCUT2D eigenvalue weighted by atomic mass is 16.5. The maximum absolute atomic E-state index is 11.9. The first kappa shape index (κ1) is 15.4. The Labute approximate surface area is 134 Å². The van der Waals surface area contributed by atoms with E-state index in [-0.39, 0.29) is 12.1 Å². The van der Waals surface area contributed by atoms with Gasteiger partial charge in [-0.3, -0.25) is 4.68 Å². The van der Waals surface area contributed by atoms with Crippen LogP contribution in [-0.4, -0.2) is 42.2 Å². The van der Waals surface area contributed by atoms with Crippen LogP contribution in [0.25, 0.3) is 0 Å². The molecule has 0 fully saturated rings. The van der Waals surface area contributed by atoms with Crippen molar-refractivity contribution in [3.63, 3.8) is 0 Å². The molecule has 0 saturated heterocycles. The number of carbonyl (C=O) groups is 1. The minimum absolute atomic E-state index is 0.0254. The molecule has 0 aliphatic carbocycles. The molecule has 3 rings (SSSR count). The fraction of sp³-hybridized carbons (Fsp3) is 0.375. The number of para-hydroxylation sites is 1. The minimum Gasteiger partial charge on any atom is -0.488 e. The molecule has 7 nitrogen and oxygen atoms in total. The monoisotopic (exact) mass is 316 g/mol. The molecule has 0 saturated carbocycles. The average molecular weight is 316 g/mol. The number of aromatic nitrogens is 2. The first-order valence-electron chi connectivity index (χ1n) is 7.55. The van der Waals surface area contributed by atoms with Gasteiger partial charge in [-0.2, -0.15) is 5.10 Å². The van der Waals surface area contributed by atoms with Crippen molar-refractivity contribution in [1.82, 2.24) is 15.1 Å². The Hall–Kier alpha value is -2.54. The van der Waals surface area contributed by atoms with Gasteiger partial charge in [0.15, 0.2) is 0 Å². The summed E-state index contributed by atoms with van der Waals surface area (Å²) in [6.45, 7) is 1.68. The third-order valence-electron chi connectivity index (χ3n) is 3.62. The van der Waals surface area contributed by atoms with Gasteiger partial charge in [-0.15, -0.1) is 0 Å². The number of anilines is 1. The highest BCUT2D eigenvalue weighted by Crippen LogP contribution is 2.27. The summed E-state index contributed by atoms with van der Waals surface area (Å²) in [6, 6.07) is 7.66. The number of benzene rings is 1. The summed E-state index contributed by atoms with van der Waals surface area (Å²) in [4.78, 5) is 11.9. The Morgan fingerprint density at radius 3 is 3.17 bits per heavy atom. The molecule has 7 heteroatoms. The van der Waals surface area contributed by atoms with Crippen molar-refractivity contribution in [2.75, 3.05) is 25.6 Å². The highest BCUT2D eigenvalue weighted by Gasteiger charge is 2.22. The van der Waals surface area contributed by atoms with E-state index in [2.05, 4.69) is 15.7 Å². The van der Waals surface area contributed by atoms with Gasteiger partial charge >= 0.3 is 6.03 Å². The zero-order valence-corrected chi connectivity index (χ0v) is 13.0. The molecule has 1 aromatic heterocycles. The van der Waals surface area contributed by atoms with Gasteiger partial charge in [0.05, 0.1) is 31.6 Å². The van der Waals surface area contributed by atoms with Crippen LogP contribution in [-0.2, 0) is 17.7 Å². The molecule has 1 aliphatic rings. The van der Waals surface area contributed by atoms with Gasteiger partial charge in [-0.1, -0.05) is 18.2 Å². The van der Waals surface area contributed by atoms with Crippen LogP contribution in [0.15, 0.2) is 36.7 Å². The number of hydrogen-bond acceptors (Lipinski definition) is 4. The maximum Gasteiger partial charge on any atom is 0.319 e. The second-order valence-corrected chi connectivity index (χ2v) is 5.37. The van der Waals surface area contributed by atoms with Gasteiger partial charge in [-0.05, 0) is 11.6 Å². The van der Waals surface area contributed by atoms with Crippen molar-refractivity contribution in [1.29, 1.82) is 0 Å². The molecular formula is C16H20N4O3. The van der Waals surface area contributed by atoms with E-state index >= 15 is 0 Å². The predicted molar refractivity (Wildman–Crippen MR) is 85.7 cm³/mol. The van der Waals surface area contributed by atoms with E-state index in [1.807, 2.05) is 24.3 Å². The molecule has 2 amide bonds. The van der Waals surface area contributed by atoms with Crippen molar-refractivity contribution >= 4 is 11.7 Å². The third-order valence-corrected chi connectivity index (χ3v) is 3.62. The highest BCUT2D eigenvalue weighted by molar-refractivity contribution is 5.88. The lowest BCUT2D eigenvalue weighted by Gasteiger charge is -2.12. The van der Waals surface area contributed by atoms with Gasteiger partial charge in [0.2, 0.25) is 0 Å². The molecule has 1 aromatic carbocycles. The standard InChI is InChI=1S/C16H20N4O3/c1-22-7-6-20-11-13(9-18-20)19-16(21)17-10-14-8-12-4-2-3-5-15(12)23-14/h2-5,9,11,14H,6-8,10H2,1H3,(H2,17,19,21). The van der Waals surface area contributed by atoms with Gasteiger partial charge in [0.25, 0.3) is 0 Å². The maximum atomic E-state index is 11.9. The number of nitrogens with zero attached hydrogens (tertiary/aromatic N) is 2. The molecule has 0 spiro atoms. The Kier molecular flexibility index (Phi) is 4.77. The number of hydrogen-bond donors (Lipinski definition) is 2. The summed E-state index contributed by atoms with van der Waals surface area (Å²) in [5.41, 5.74) is 1.83. The zero-order valence-electron chi connectivity index (χ0n) is 13.0. The van der Waals surface area contributed by atoms with Crippen LogP contribution in [0.5, 0.6) is 5.75 Å². The number of carbonyl (C=O) groups excluding carboxylic acids is 1. The number of fused-ring (bicyclic) bond motifs is 1. The van der Waals surface area contributed by atoms with Crippen LogP contribution < -0.4 is 15.4 Å². The second-order valence-electron chi connectivity index (χ2n) is 5.37. The molecule has 1 unspecified atom stereocenters. The molecule has 0 radical (unpaired) electrons. The molecule has 2 heterocycles. The molecular weight excluding hydrogens is 296 g/mol. The average Bonchev–Trinajstić information content (AvgIpc) is 3.17. The Morgan fingerprint density at radius 2 is 2.35 bits per heavy atom. The predicted octanol–water partition coefficient (Wildman–Crippen LogP) is 1.65. The van der Waals surface area contributed by atoms with E-state index < -0.39 is 0 Å². The summed E-state index contributed by atoms with van der Waals surface area (Å²) >= 11 is 0. The molecule has 2 N–H and O–H groups in total. The smallest absolute Gasteiger partial charge is 0.319 e. The quantitative estimate of drug-likeness (QED) is 0.849. The Bertz CT molecular complexity index is 646. The largest absolute Gasteiger partial charge is 0.488 e. The van der Waals surface area contributed by atoms with E-state index in [4.69, 9.17) is 9.47 Å². The van der Waals surface area contributed by atoms with Gasteiger partial charge in [0, 0.05) is 19.7 Å². The summed E-state index contributed by atoms with van der Waals surface area (Å²) in [6.07, 6.45) is 4.16. The minimum atomic E-state index is -0.268. The lowest BCUT2D eigenvalue weighted by Crippen LogP contribution is -2.37.